The van der Waals surface area contributed by atoms with Gasteiger partial charge in [-0.25, -0.2) is 0 Å². The van der Waals surface area contributed by atoms with E-state index in [2.05, 4.69) is 17.0 Å². The second kappa shape index (κ2) is 8.15. The first-order valence-electron chi connectivity index (χ1n) is 10.1. The van der Waals surface area contributed by atoms with E-state index < -0.39 is 0 Å². The zero-order chi connectivity index (χ0) is 20.4. The van der Waals surface area contributed by atoms with Crippen LogP contribution in [0.4, 0.5) is 11.4 Å². The quantitative estimate of drug-likeness (QED) is 0.801. The molecule has 2 aliphatic rings. The van der Waals surface area contributed by atoms with Gasteiger partial charge < -0.3 is 19.4 Å². The summed E-state index contributed by atoms with van der Waals surface area (Å²) in [7, 11) is 3.48. The lowest BCUT2D eigenvalue weighted by atomic mass is 10.0. The molecule has 2 aliphatic heterocycles. The Morgan fingerprint density at radius 2 is 1.72 bits per heavy atom. The van der Waals surface area contributed by atoms with Gasteiger partial charge in [-0.3, -0.25) is 9.59 Å². The molecule has 0 radical (unpaired) electrons. The third-order valence-electron chi connectivity index (χ3n) is 5.92. The van der Waals surface area contributed by atoms with Crippen LogP contribution < -0.4 is 14.5 Å². The number of aryl methyl sites for hydroxylation is 1. The molecular weight excluding hydrogens is 366 g/mol. The van der Waals surface area contributed by atoms with Crippen LogP contribution in [-0.4, -0.2) is 57.1 Å². The maximum Gasteiger partial charge on any atom is 0.227 e. The van der Waals surface area contributed by atoms with Crippen molar-refractivity contribution in [1.82, 2.24) is 4.90 Å². The van der Waals surface area contributed by atoms with Gasteiger partial charge in [0.05, 0.1) is 13.5 Å². The third kappa shape index (κ3) is 4.06. The van der Waals surface area contributed by atoms with Crippen molar-refractivity contribution >= 4 is 23.2 Å². The van der Waals surface area contributed by atoms with Crippen LogP contribution in [0.25, 0.3) is 0 Å². The number of anilines is 2. The first-order valence-corrected chi connectivity index (χ1v) is 10.1. The topological polar surface area (TPSA) is 53.1 Å². The molecule has 6 nitrogen and oxygen atoms in total. The summed E-state index contributed by atoms with van der Waals surface area (Å²) in [6.07, 6.45) is 1.79. The van der Waals surface area contributed by atoms with Crippen LogP contribution in [0.3, 0.4) is 0 Å². The summed E-state index contributed by atoms with van der Waals surface area (Å²) in [5.41, 5.74) is 4.42. The van der Waals surface area contributed by atoms with E-state index in [1.165, 1.54) is 11.3 Å². The van der Waals surface area contributed by atoms with E-state index in [-0.39, 0.29) is 11.8 Å². The lowest BCUT2D eigenvalue weighted by molar-refractivity contribution is -0.130. The molecule has 152 valence electrons. The number of piperazine rings is 1. The van der Waals surface area contributed by atoms with Gasteiger partial charge in [-0.1, -0.05) is 12.1 Å². The highest BCUT2D eigenvalue weighted by Gasteiger charge is 2.24. The molecule has 2 aromatic carbocycles. The van der Waals surface area contributed by atoms with Gasteiger partial charge in [0, 0.05) is 51.0 Å². The van der Waals surface area contributed by atoms with E-state index in [1.54, 1.807) is 12.0 Å². The van der Waals surface area contributed by atoms with E-state index in [0.717, 1.165) is 49.6 Å². The van der Waals surface area contributed by atoms with E-state index in [4.69, 9.17) is 4.74 Å². The lowest BCUT2D eigenvalue weighted by Gasteiger charge is -2.37. The molecule has 1 saturated heterocycles. The van der Waals surface area contributed by atoms with Gasteiger partial charge >= 0.3 is 0 Å². The van der Waals surface area contributed by atoms with E-state index in [0.29, 0.717) is 12.8 Å². The lowest BCUT2D eigenvalue weighted by Crippen LogP contribution is -2.49. The zero-order valence-electron chi connectivity index (χ0n) is 17.1. The Bertz CT molecular complexity index is 902. The fourth-order valence-electron chi connectivity index (χ4n) is 4.08. The minimum Gasteiger partial charge on any atom is -0.497 e. The van der Waals surface area contributed by atoms with Crippen molar-refractivity contribution in [1.29, 1.82) is 0 Å². The van der Waals surface area contributed by atoms with Crippen LogP contribution in [0.1, 0.15) is 17.5 Å². The van der Waals surface area contributed by atoms with Gasteiger partial charge in [-0.2, -0.15) is 0 Å². The van der Waals surface area contributed by atoms with E-state index in [9.17, 15) is 9.59 Å². The normalized spacial score (nSPS) is 16.6. The van der Waals surface area contributed by atoms with Crippen LogP contribution in [0.5, 0.6) is 5.75 Å². The van der Waals surface area contributed by atoms with Gasteiger partial charge in [0.2, 0.25) is 11.8 Å². The van der Waals surface area contributed by atoms with Gasteiger partial charge in [0.15, 0.2) is 0 Å². The summed E-state index contributed by atoms with van der Waals surface area (Å²) in [6, 6.07) is 14.0. The van der Waals surface area contributed by atoms with Crippen molar-refractivity contribution < 1.29 is 14.3 Å². The minimum atomic E-state index is 0.167. The first-order chi connectivity index (χ1) is 14.0. The third-order valence-corrected chi connectivity index (χ3v) is 5.92. The van der Waals surface area contributed by atoms with Crippen molar-refractivity contribution in [3.05, 3.63) is 53.6 Å². The molecule has 1 fully saturated rings. The number of ether oxygens (including phenoxy) is 1. The van der Waals surface area contributed by atoms with Crippen LogP contribution >= 0.6 is 0 Å². The second-order valence-corrected chi connectivity index (χ2v) is 7.66. The van der Waals surface area contributed by atoms with Gasteiger partial charge in [0.25, 0.3) is 0 Å². The Morgan fingerprint density at radius 1 is 1.00 bits per heavy atom. The van der Waals surface area contributed by atoms with E-state index >= 15 is 0 Å². The van der Waals surface area contributed by atoms with Gasteiger partial charge in [0.1, 0.15) is 5.75 Å². The maximum atomic E-state index is 12.7. The van der Waals surface area contributed by atoms with Crippen LogP contribution in [-0.2, 0) is 22.4 Å². The number of rotatable bonds is 4. The summed E-state index contributed by atoms with van der Waals surface area (Å²) < 4.78 is 5.17. The molecule has 4 rings (SSSR count). The summed E-state index contributed by atoms with van der Waals surface area (Å²) in [6.45, 7) is 3.10. The number of amides is 2. The fourth-order valence-corrected chi connectivity index (χ4v) is 4.08. The van der Waals surface area contributed by atoms with Crippen LogP contribution in [0, 0.1) is 0 Å². The highest BCUT2D eigenvalue weighted by atomic mass is 16.5. The number of hydrogen-bond donors (Lipinski definition) is 0. The molecular formula is C23H27N3O3. The number of methoxy groups -OCH3 is 1. The Hall–Kier alpha value is -3.02. The summed E-state index contributed by atoms with van der Waals surface area (Å²) in [5.74, 6) is 1.14. The largest absolute Gasteiger partial charge is 0.497 e. The molecule has 2 aromatic rings. The summed E-state index contributed by atoms with van der Waals surface area (Å²) in [4.78, 5) is 30.6. The molecule has 0 saturated carbocycles. The predicted octanol–water partition coefficient (Wildman–Crippen LogP) is 2.50. The Morgan fingerprint density at radius 3 is 2.41 bits per heavy atom. The average Bonchev–Trinajstić information content (AvgIpc) is 2.77. The van der Waals surface area contributed by atoms with Crippen LogP contribution in [0.15, 0.2) is 42.5 Å². The average molecular weight is 393 g/mol. The Labute approximate surface area is 171 Å². The maximum absolute atomic E-state index is 12.7. The standard InChI is InChI=1S/C23H27N3O3/c1-24-21-9-6-19(16-18(21)5-10-22(24)27)25-11-13-26(14-12-25)23(28)15-17-3-7-20(29-2)8-4-17/h3-4,6-9,16H,5,10-15H2,1-2H3. The minimum absolute atomic E-state index is 0.167. The number of carbonyl (C=O) groups excluding carboxylic acids is 2. The number of hydrogen-bond acceptors (Lipinski definition) is 4. The van der Waals surface area contributed by atoms with Crippen molar-refractivity contribution in [2.45, 2.75) is 19.3 Å². The zero-order valence-corrected chi connectivity index (χ0v) is 17.1. The molecule has 0 aliphatic carbocycles. The molecule has 0 atom stereocenters. The smallest absolute Gasteiger partial charge is 0.227 e. The van der Waals surface area contributed by atoms with Gasteiger partial charge in [-0.15, -0.1) is 0 Å². The fraction of sp³-hybridized carbons (Fsp3) is 0.391. The van der Waals surface area contributed by atoms with Crippen molar-refractivity contribution in [2.24, 2.45) is 0 Å². The van der Waals surface area contributed by atoms with Crippen molar-refractivity contribution in [2.75, 3.05) is 50.1 Å². The summed E-state index contributed by atoms with van der Waals surface area (Å²) >= 11 is 0. The number of nitrogens with zero attached hydrogens (tertiary/aromatic N) is 3. The number of fused-ring (bicyclic) bond motifs is 1. The molecule has 0 aromatic heterocycles. The number of carbonyl (C=O) groups is 2. The molecule has 0 N–H and O–H groups in total. The first kappa shape index (κ1) is 19.3. The highest BCUT2D eigenvalue weighted by Crippen LogP contribution is 2.31. The van der Waals surface area contributed by atoms with Crippen molar-refractivity contribution in [3.8, 4) is 5.75 Å². The molecule has 2 amide bonds. The number of benzene rings is 2. The predicted molar refractivity (Wildman–Crippen MR) is 114 cm³/mol. The molecule has 0 unspecified atom stereocenters. The Balaban J connectivity index is 1.35. The highest BCUT2D eigenvalue weighted by molar-refractivity contribution is 5.96. The molecule has 0 spiro atoms. The van der Waals surface area contributed by atoms with Crippen LogP contribution in [0.2, 0.25) is 0 Å². The molecule has 29 heavy (non-hydrogen) atoms. The molecule has 2 heterocycles. The second-order valence-electron chi connectivity index (χ2n) is 7.66. The van der Waals surface area contributed by atoms with E-state index in [1.807, 2.05) is 42.3 Å². The monoisotopic (exact) mass is 393 g/mol. The summed E-state index contributed by atoms with van der Waals surface area (Å²) in [5, 5.41) is 0. The van der Waals surface area contributed by atoms with Crippen molar-refractivity contribution in [3.63, 3.8) is 0 Å². The Kier molecular flexibility index (Phi) is 5.43. The SMILES string of the molecule is COc1ccc(CC(=O)N2CCN(c3ccc4c(c3)CCC(=O)N4C)CC2)cc1. The molecule has 0 bridgehead atoms. The van der Waals surface area contributed by atoms with Gasteiger partial charge in [-0.05, 0) is 47.9 Å². The molecule has 6 heteroatoms.